The van der Waals surface area contributed by atoms with Crippen LogP contribution in [-0.4, -0.2) is 30.1 Å². The lowest BCUT2D eigenvalue weighted by molar-refractivity contribution is 0.285. The molecular formula is C20H33N5O2S. The molecule has 1 fully saturated rings. The van der Waals surface area contributed by atoms with E-state index in [1.165, 1.54) is 0 Å². The van der Waals surface area contributed by atoms with Gasteiger partial charge < -0.3 is 4.57 Å². The van der Waals surface area contributed by atoms with E-state index in [1.54, 1.807) is 12.1 Å². The van der Waals surface area contributed by atoms with Gasteiger partial charge in [-0.25, -0.2) is 23.5 Å². The van der Waals surface area contributed by atoms with E-state index in [0.717, 1.165) is 17.8 Å². The molecule has 1 aromatic heterocycles. The molecule has 1 aromatic carbocycles. The average Bonchev–Trinajstić information content (AvgIpc) is 3.17. The molecule has 0 spiro atoms. The molecule has 0 aliphatic carbocycles. The van der Waals surface area contributed by atoms with E-state index < -0.39 is 10.0 Å². The highest BCUT2D eigenvalue weighted by molar-refractivity contribution is 7.89. The van der Waals surface area contributed by atoms with E-state index in [-0.39, 0.29) is 28.4 Å². The van der Waals surface area contributed by atoms with E-state index in [9.17, 15) is 8.42 Å². The molecule has 2 atom stereocenters. The van der Waals surface area contributed by atoms with Gasteiger partial charge in [0.25, 0.3) is 0 Å². The third-order valence-corrected chi connectivity index (χ3v) is 6.82. The maximum Gasteiger partial charge on any atom is 0.240 e. The number of fused-ring (bicyclic) bond motifs is 1. The van der Waals surface area contributed by atoms with Crippen LogP contribution in [0.1, 0.15) is 72.8 Å². The second-order valence-corrected chi connectivity index (χ2v) is 11.1. The number of hydrazine groups is 1. The quantitative estimate of drug-likeness (QED) is 0.708. The summed E-state index contributed by atoms with van der Waals surface area (Å²) in [4.78, 5) is 5.10. The predicted octanol–water partition coefficient (Wildman–Crippen LogP) is 3.26. The van der Waals surface area contributed by atoms with Crippen LogP contribution in [0.25, 0.3) is 11.0 Å². The lowest BCUT2D eigenvalue weighted by Crippen LogP contribution is -2.39. The highest BCUT2D eigenvalue weighted by Crippen LogP contribution is 2.34. The van der Waals surface area contributed by atoms with Gasteiger partial charge >= 0.3 is 0 Å². The van der Waals surface area contributed by atoms with Crippen molar-refractivity contribution >= 4 is 21.1 Å². The minimum atomic E-state index is -3.55. The first-order valence-electron chi connectivity index (χ1n) is 9.95. The zero-order valence-corrected chi connectivity index (χ0v) is 18.7. The first-order chi connectivity index (χ1) is 12.9. The predicted molar refractivity (Wildman–Crippen MR) is 112 cm³/mol. The molecule has 7 nitrogen and oxygen atoms in total. The highest BCUT2D eigenvalue weighted by Gasteiger charge is 2.36. The molecule has 3 rings (SSSR count). The lowest BCUT2D eigenvalue weighted by atomic mass is 9.84. The minimum Gasteiger partial charge on any atom is -0.324 e. The molecule has 0 bridgehead atoms. The Kier molecular flexibility index (Phi) is 5.62. The van der Waals surface area contributed by atoms with Gasteiger partial charge in [-0.1, -0.05) is 20.8 Å². The van der Waals surface area contributed by atoms with E-state index >= 15 is 0 Å². The summed E-state index contributed by atoms with van der Waals surface area (Å²) in [6.45, 7) is 14.5. The second-order valence-electron chi connectivity index (χ2n) is 9.36. The van der Waals surface area contributed by atoms with Crippen LogP contribution in [0.5, 0.6) is 0 Å². The monoisotopic (exact) mass is 407 g/mol. The van der Waals surface area contributed by atoms with Gasteiger partial charge in [0.15, 0.2) is 0 Å². The molecule has 1 saturated heterocycles. The van der Waals surface area contributed by atoms with Gasteiger partial charge in [-0.3, -0.25) is 5.43 Å². The van der Waals surface area contributed by atoms with Crippen molar-refractivity contribution in [3.63, 3.8) is 0 Å². The molecule has 0 amide bonds. The molecule has 156 valence electrons. The van der Waals surface area contributed by atoms with E-state index in [4.69, 9.17) is 4.98 Å². The number of rotatable bonds is 5. The van der Waals surface area contributed by atoms with Crippen molar-refractivity contribution in [1.82, 2.24) is 25.1 Å². The minimum absolute atomic E-state index is 0.0767. The largest absolute Gasteiger partial charge is 0.324 e. The standard InChI is InChI=1S/C20H33N5O2S/c1-12(2)24-28(26,27)14-8-9-17-15(10-14)21-19(25(17)13(3)4)16-11-18(23-22-16)20(5,6)7/h8-10,12-13,16,18,22-24H,11H2,1-7H3. The van der Waals surface area contributed by atoms with Gasteiger partial charge in [0.2, 0.25) is 10.0 Å². The van der Waals surface area contributed by atoms with Crippen LogP contribution in [0, 0.1) is 5.41 Å². The number of hydrogen-bond acceptors (Lipinski definition) is 5. The van der Waals surface area contributed by atoms with Crippen molar-refractivity contribution in [2.24, 2.45) is 5.41 Å². The van der Waals surface area contributed by atoms with Gasteiger partial charge in [-0.05, 0) is 57.7 Å². The first kappa shape index (κ1) is 21.2. The maximum atomic E-state index is 12.6. The molecule has 2 aromatic rings. The van der Waals surface area contributed by atoms with Gasteiger partial charge in [-0.15, -0.1) is 0 Å². The van der Waals surface area contributed by atoms with E-state index in [0.29, 0.717) is 11.6 Å². The molecule has 2 heterocycles. The molecule has 8 heteroatoms. The summed E-state index contributed by atoms with van der Waals surface area (Å²) < 4.78 is 29.9. The Morgan fingerprint density at radius 3 is 2.39 bits per heavy atom. The van der Waals surface area contributed by atoms with Crippen molar-refractivity contribution < 1.29 is 8.42 Å². The zero-order chi connectivity index (χ0) is 20.9. The SMILES string of the molecule is CC(C)NS(=O)(=O)c1ccc2c(c1)nc(C1CC(C(C)(C)C)NN1)n2C(C)C. The summed E-state index contributed by atoms with van der Waals surface area (Å²) in [5, 5.41) is 0. The Labute approximate surface area is 168 Å². The Morgan fingerprint density at radius 2 is 1.86 bits per heavy atom. The molecular weight excluding hydrogens is 374 g/mol. The maximum absolute atomic E-state index is 12.6. The van der Waals surface area contributed by atoms with Gasteiger partial charge in [0.1, 0.15) is 5.82 Å². The number of nitrogens with one attached hydrogen (secondary N) is 3. The molecule has 28 heavy (non-hydrogen) atoms. The fourth-order valence-corrected chi connectivity index (χ4v) is 5.00. The second kappa shape index (κ2) is 7.40. The Hall–Kier alpha value is -1.48. The van der Waals surface area contributed by atoms with Crippen LogP contribution in [0.2, 0.25) is 0 Å². The van der Waals surface area contributed by atoms with Crippen LogP contribution in [-0.2, 0) is 10.0 Å². The average molecular weight is 408 g/mol. The summed E-state index contributed by atoms with van der Waals surface area (Å²) >= 11 is 0. The van der Waals surface area contributed by atoms with E-state index in [1.807, 2.05) is 19.9 Å². The van der Waals surface area contributed by atoms with Crippen LogP contribution >= 0.6 is 0 Å². The first-order valence-corrected chi connectivity index (χ1v) is 11.4. The van der Waals surface area contributed by atoms with Crippen LogP contribution in [0.15, 0.2) is 23.1 Å². The molecule has 1 aliphatic heterocycles. The molecule has 0 saturated carbocycles. The van der Waals surface area contributed by atoms with Crippen molar-refractivity contribution in [1.29, 1.82) is 0 Å². The Morgan fingerprint density at radius 1 is 1.18 bits per heavy atom. The number of benzene rings is 1. The van der Waals surface area contributed by atoms with Crippen LogP contribution < -0.4 is 15.6 Å². The van der Waals surface area contributed by atoms with Crippen molar-refractivity contribution in [2.45, 2.75) is 83.9 Å². The Bertz CT molecular complexity index is 957. The van der Waals surface area contributed by atoms with Crippen LogP contribution in [0.3, 0.4) is 0 Å². The number of sulfonamides is 1. The molecule has 2 unspecified atom stereocenters. The normalized spacial score (nSPS) is 21.3. The summed E-state index contributed by atoms with van der Waals surface area (Å²) in [7, 11) is -3.55. The number of hydrogen-bond donors (Lipinski definition) is 3. The lowest BCUT2D eigenvalue weighted by Gasteiger charge is -2.26. The smallest absolute Gasteiger partial charge is 0.240 e. The summed E-state index contributed by atoms with van der Waals surface area (Å²) in [6.07, 6.45) is 0.930. The fraction of sp³-hybridized carbons (Fsp3) is 0.650. The summed E-state index contributed by atoms with van der Waals surface area (Å²) in [5.41, 5.74) is 8.59. The summed E-state index contributed by atoms with van der Waals surface area (Å²) in [5.74, 6) is 0.940. The Balaban J connectivity index is 2.04. The third-order valence-electron chi connectivity index (χ3n) is 5.17. The van der Waals surface area contributed by atoms with Crippen LogP contribution in [0.4, 0.5) is 0 Å². The highest BCUT2D eigenvalue weighted by atomic mass is 32.2. The molecule has 1 aliphatic rings. The van der Waals surface area contributed by atoms with Crippen molar-refractivity contribution in [2.75, 3.05) is 0 Å². The van der Waals surface area contributed by atoms with Gasteiger partial charge in [0.05, 0.1) is 22.0 Å². The van der Waals surface area contributed by atoms with Crippen molar-refractivity contribution in [3.05, 3.63) is 24.0 Å². The number of aromatic nitrogens is 2. The third kappa shape index (κ3) is 4.10. The molecule has 3 N–H and O–H groups in total. The van der Waals surface area contributed by atoms with Crippen molar-refractivity contribution in [3.8, 4) is 0 Å². The van der Waals surface area contributed by atoms with E-state index in [2.05, 4.69) is 54.8 Å². The van der Waals surface area contributed by atoms with Gasteiger partial charge in [0, 0.05) is 18.1 Å². The number of imidazole rings is 1. The summed E-state index contributed by atoms with van der Waals surface area (Å²) in [6, 6.07) is 5.67. The zero-order valence-electron chi connectivity index (χ0n) is 17.9. The van der Waals surface area contributed by atoms with Gasteiger partial charge in [-0.2, -0.15) is 0 Å². The fourth-order valence-electron chi connectivity index (χ4n) is 3.73. The topological polar surface area (TPSA) is 88.1 Å². The molecule has 0 radical (unpaired) electrons. The number of nitrogens with zero attached hydrogens (tertiary/aromatic N) is 2.